The number of likely N-dealkylation sites (tertiary alicyclic amines) is 2. The largest absolute Gasteiger partial charge is 0.466 e. The van der Waals surface area contributed by atoms with E-state index < -0.39 is 24.2 Å². The number of hydrogen-bond donors (Lipinski definition) is 1. The first-order valence-electron chi connectivity index (χ1n) is 9.46. The third-order valence-corrected chi connectivity index (χ3v) is 5.71. The first-order valence-corrected chi connectivity index (χ1v) is 9.46. The molecule has 3 rings (SSSR count). The summed E-state index contributed by atoms with van der Waals surface area (Å²) in [5.74, 6) is -0.731. The molecule has 1 N–H and O–H groups in total. The van der Waals surface area contributed by atoms with Gasteiger partial charge in [-0.1, -0.05) is 0 Å². The van der Waals surface area contributed by atoms with E-state index in [0.717, 1.165) is 6.42 Å². The van der Waals surface area contributed by atoms with Gasteiger partial charge in [0, 0.05) is 6.54 Å². The molecule has 1 saturated carbocycles. The van der Waals surface area contributed by atoms with E-state index in [2.05, 4.69) is 6.07 Å². The summed E-state index contributed by atoms with van der Waals surface area (Å²) in [6.07, 6.45) is 1.19. The van der Waals surface area contributed by atoms with Crippen molar-refractivity contribution in [3.05, 3.63) is 0 Å². The van der Waals surface area contributed by atoms with Crippen LogP contribution in [0.25, 0.3) is 0 Å². The van der Waals surface area contributed by atoms with Gasteiger partial charge in [-0.15, -0.1) is 0 Å². The molecule has 5 atom stereocenters. The van der Waals surface area contributed by atoms with Gasteiger partial charge in [0.05, 0.1) is 37.8 Å². The highest BCUT2D eigenvalue weighted by Gasteiger charge is 2.57. The van der Waals surface area contributed by atoms with E-state index in [4.69, 9.17) is 9.47 Å². The van der Waals surface area contributed by atoms with E-state index in [1.54, 1.807) is 6.92 Å². The van der Waals surface area contributed by atoms with Gasteiger partial charge in [-0.2, -0.15) is 5.26 Å². The molecule has 1 aliphatic carbocycles. The molecule has 27 heavy (non-hydrogen) atoms. The van der Waals surface area contributed by atoms with Gasteiger partial charge in [0.15, 0.2) is 0 Å². The average Bonchev–Trinajstić information content (AvgIpc) is 3.34. The first-order chi connectivity index (χ1) is 13.0. The van der Waals surface area contributed by atoms with Crippen molar-refractivity contribution in [2.24, 2.45) is 5.92 Å². The van der Waals surface area contributed by atoms with Crippen LogP contribution < -0.4 is 0 Å². The van der Waals surface area contributed by atoms with Gasteiger partial charge in [0.25, 0.3) is 0 Å². The predicted octanol–water partition coefficient (Wildman–Crippen LogP) is 0.980. The van der Waals surface area contributed by atoms with Gasteiger partial charge in [0.2, 0.25) is 5.91 Å². The molecule has 3 aliphatic rings. The van der Waals surface area contributed by atoms with Crippen LogP contribution in [0, 0.1) is 17.2 Å². The molecule has 148 valence electrons. The zero-order valence-corrected chi connectivity index (χ0v) is 15.4. The van der Waals surface area contributed by atoms with E-state index in [1.165, 1.54) is 9.80 Å². The smallest absolute Gasteiger partial charge is 0.408 e. The summed E-state index contributed by atoms with van der Waals surface area (Å²) in [6, 6.07) is 0.526. The monoisotopic (exact) mass is 379 g/mol. The summed E-state index contributed by atoms with van der Waals surface area (Å²) in [6.45, 7) is 2.71. The van der Waals surface area contributed by atoms with E-state index in [1.807, 2.05) is 0 Å². The molecule has 2 heterocycles. The Labute approximate surface area is 157 Å². The van der Waals surface area contributed by atoms with Crippen molar-refractivity contribution >= 4 is 18.0 Å². The Hall–Kier alpha value is -2.34. The number of hydrogen-bond acceptors (Lipinski definition) is 6. The van der Waals surface area contributed by atoms with Gasteiger partial charge < -0.3 is 19.5 Å². The van der Waals surface area contributed by atoms with E-state index in [9.17, 15) is 24.8 Å². The molecule has 0 spiro atoms. The van der Waals surface area contributed by atoms with Crippen molar-refractivity contribution in [2.45, 2.75) is 63.3 Å². The summed E-state index contributed by atoms with van der Waals surface area (Å²) in [5.41, 5.74) is 0. The molecule has 2 bridgehead atoms. The molecule has 2 aliphatic heterocycles. The van der Waals surface area contributed by atoms with Crippen molar-refractivity contribution in [1.82, 2.24) is 9.80 Å². The summed E-state index contributed by atoms with van der Waals surface area (Å²) in [7, 11) is 0. The molecule has 2 amide bonds. The summed E-state index contributed by atoms with van der Waals surface area (Å²) >= 11 is 0. The third-order valence-electron chi connectivity index (χ3n) is 5.71. The molecule has 0 aromatic heterocycles. The normalized spacial score (nSPS) is 31.8. The lowest BCUT2D eigenvalue weighted by Crippen LogP contribution is -2.57. The Bertz CT molecular complexity index is 647. The minimum Gasteiger partial charge on any atom is -0.466 e. The van der Waals surface area contributed by atoms with E-state index >= 15 is 0 Å². The zero-order chi connectivity index (χ0) is 19.6. The number of rotatable bonds is 6. The maximum Gasteiger partial charge on any atom is 0.408 e. The molecule has 2 saturated heterocycles. The lowest BCUT2D eigenvalue weighted by atomic mass is 9.96. The minimum atomic E-state index is -1.15. The minimum absolute atomic E-state index is 0.119. The highest BCUT2D eigenvalue weighted by atomic mass is 16.5. The average molecular weight is 379 g/mol. The summed E-state index contributed by atoms with van der Waals surface area (Å²) in [5, 5.41) is 18.9. The molecule has 0 aromatic carbocycles. The highest BCUT2D eigenvalue weighted by Crippen LogP contribution is 2.45. The number of esters is 1. The Balaban J connectivity index is 1.63. The van der Waals surface area contributed by atoms with Gasteiger partial charge >= 0.3 is 12.1 Å². The van der Waals surface area contributed by atoms with Crippen LogP contribution >= 0.6 is 0 Å². The Morgan fingerprint density at radius 3 is 2.74 bits per heavy atom. The van der Waals surface area contributed by atoms with Crippen LogP contribution in [0.2, 0.25) is 0 Å². The zero-order valence-electron chi connectivity index (χ0n) is 15.4. The van der Waals surface area contributed by atoms with Gasteiger partial charge in [-0.05, 0) is 38.5 Å². The Kier molecular flexibility index (Phi) is 5.85. The fraction of sp³-hybridized carbons (Fsp3) is 0.778. The summed E-state index contributed by atoms with van der Waals surface area (Å²) < 4.78 is 10.6. The lowest BCUT2D eigenvalue weighted by molar-refractivity contribution is -0.145. The van der Waals surface area contributed by atoms with E-state index in [-0.39, 0.29) is 36.9 Å². The topological polar surface area (TPSA) is 120 Å². The van der Waals surface area contributed by atoms with E-state index in [0.29, 0.717) is 32.4 Å². The second kappa shape index (κ2) is 8.13. The summed E-state index contributed by atoms with van der Waals surface area (Å²) in [4.78, 5) is 39.0. The number of carboxylic acid groups (broad SMARTS) is 1. The van der Waals surface area contributed by atoms with Crippen LogP contribution in [0.3, 0.4) is 0 Å². The number of nitriles is 1. The van der Waals surface area contributed by atoms with Crippen LogP contribution in [0.15, 0.2) is 0 Å². The SMILES string of the molecule is CCOC(=O)CCO[C@@H]1C[C@@H]2C[C@H]1N(C(=O)O)[C@H]2C(=O)N1CCC[C@H]1C#N. The quantitative estimate of drug-likeness (QED) is 0.683. The second-order valence-corrected chi connectivity index (χ2v) is 7.22. The number of fused-ring (bicyclic) bond motifs is 2. The van der Waals surface area contributed by atoms with Crippen molar-refractivity contribution in [1.29, 1.82) is 5.26 Å². The maximum absolute atomic E-state index is 13.0. The van der Waals surface area contributed by atoms with Crippen molar-refractivity contribution in [2.75, 3.05) is 19.8 Å². The molecule has 0 unspecified atom stereocenters. The number of piperidine rings is 1. The van der Waals surface area contributed by atoms with Crippen LogP contribution in [0.1, 0.15) is 39.0 Å². The van der Waals surface area contributed by atoms with Gasteiger partial charge in [-0.25, -0.2) is 4.79 Å². The number of ether oxygens (including phenoxy) is 2. The van der Waals surface area contributed by atoms with Gasteiger partial charge in [0.1, 0.15) is 12.1 Å². The molecular formula is C18H25N3O6. The van der Waals surface area contributed by atoms with Crippen LogP contribution in [0.4, 0.5) is 4.79 Å². The molecule has 9 nitrogen and oxygen atoms in total. The van der Waals surface area contributed by atoms with Crippen molar-refractivity contribution in [3.8, 4) is 6.07 Å². The molecule has 0 aromatic rings. The fourth-order valence-electron chi connectivity index (χ4n) is 4.62. The highest BCUT2D eigenvalue weighted by molar-refractivity contribution is 5.87. The molecular weight excluding hydrogens is 354 g/mol. The number of carbonyl (C=O) groups excluding carboxylic acids is 2. The molecule has 3 fully saturated rings. The Morgan fingerprint density at radius 2 is 2.07 bits per heavy atom. The molecule has 0 radical (unpaired) electrons. The fourth-order valence-corrected chi connectivity index (χ4v) is 4.62. The Morgan fingerprint density at radius 1 is 1.30 bits per heavy atom. The third kappa shape index (κ3) is 3.72. The van der Waals surface area contributed by atoms with Crippen LogP contribution in [-0.2, 0) is 19.1 Å². The number of nitrogens with zero attached hydrogens (tertiary/aromatic N) is 3. The van der Waals surface area contributed by atoms with Crippen molar-refractivity contribution < 1.29 is 29.0 Å². The molecule has 9 heteroatoms. The first kappa shape index (κ1) is 19.4. The number of carbonyl (C=O) groups is 3. The standard InChI is InChI=1S/C18H25N3O6/c1-2-26-15(22)5-7-27-14-9-11-8-13(14)21(18(24)25)16(11)17(23)20-6-3-4-12(20)10-19/h11-14,16H,2-9H2,1H3,(H,24,25)/t11-,12-,13+,14+,16+/m0/s1. The second-order valence-electron chi connectivity index (χ2n) is 7.22. The van der Waals surface area contributed by atoms with Gasteiger partial charge in [-0.3, -0.25) is 14.5 Å². The number of amides is 2. The lowest BCUT2D eigenvalue weighted by Gasteiger charge is -2.38. The van der Waals surface area contributed by atoms with Crippen molar-refractivity contribution in [3.63, 3.8) is 0 Å². The predicted molar refractivity (Wildman–Crippen MR) is 91.5 cm³/mol. The maximum atomic E-state index is 13.0. The van der Waals surface area contributed by atoms with Crippen LogP contribution in [0.5, 0.6) is 0 Å². The van der Waals surface area contributed by atoms with Crippen LogP contribution in [-0.4, -0.2) is 76.9 Å².